The summed E-state index contributed by atoms with van der Waals surface area (Å²) in [6, 6.07) is 10.5. The predicted octanol–water partition coefficient (Wildman–Crippen LogP) is 4.55. The Morgan fingerprint density at radius 3 is 2.71 bits per heavy atom. The largest absolute Gasteiger partial charge is 0.354 e. The lowest BCUT2D eigenvalue weighted by Gasteiger charge is -2.13. The molecular formula is C20H22BrFN6. The molecule has 0 atom stereocenters. The first-order valence-corrected chi connectivity index (χ1v) is 9.71. The second kappa shape index (κ2) is 9.57. The third kappa shape index (κ3) is 5.71. The third-order valence-corrected chi connectivity index (χ3v) is 4.58. The van der Waals surface area contributed by atoms with Crippen LogP contribution in [0.15, 0.2) is 53.3 Å². The molecule has 0 bridgehead atoms. The lowest BCUT2D eigenvalue weighted by atomic mass is 10.2. The molecular weight excluding hydrogens is 423 g/mol. The van der Waals surface area contributed by atoms with Gasteiger partial charge in [0.15, 0.2) is 0 Å². The number of benzene rings is 1. The van der Waals surface area contributed by atoms with E-state index in [0.717, 1.165) is 30.8 Å². The first kappa shape index (κ1) is 20.2. The molecule has 0 saturated carbocycles. The van der Waals surface area contributed by atoms with Crippen molar-refractivity contribution < 1.29 is 4.39 Å². The van der Waals surface area contributed by atoms with Gasteiger partial charge in [0.2, 0.25) is 5.95 Å². The molecule has 2 N–H and O–H groups in total. The maximum absolute atomic E-state index is 13.8. The van der Waals surface area contributed by atoms with Gasteiger partial charge in [-0.3, -0.25) is 4.98 Å². The third-order valence-electron chi connectivity index (χ3n) is 3.94. The highest BCUT2D eigenvalue weighted by Crippen LogP contribution is 2.25. The van der Waals surface area contributed by atoms with Crippen LogP contribution in [0.3, 0.4) is 0 Å². The maximum Gasteiger partial charge on any atom is 0.225 e. The molecule has 0 spiro atoms. The first-order chi connectivity index (χ1) is 13.5. The quantitative estimate of drug-likeness (QED) is 0.496. The van der Waals surface area contributed by atoms with Crippen LogP contribution >= 0.6 is 15.9 Å². The molecule has 6 nitrogen and oxygen atoms in total. The smallest absolute Gasteiger partial charge is 0.225 e. The van der Waals surface area contributed by atoms with Crippen LogP contribution in [0.2, 0.25) is 0 Å². The Morgan fingerprint density at radius 1 is 1.14 bits per heavy atom. The molecule has 0 saturated heterocycles. The minimum atomic E-state index is -0.339. The van der Waals surface area contributed by atoms with E-state index < -0.39 is 0 Å². The number of anilines is 3. The Balaban J connectivity index is 1.85. The van der Waals surface area contributed by atoms with Gasteiger partial charge in [-0.05, 0) is 73.3 Å². The average molecular weight is 445 g/mol. The molecule has 0 fully saturated rings. The number of halogens is 2. The first-order valence-electron chi connectivity index (χ1n) is 8.91. The highest BCUT2D eigenvalue weighted by atomic mass is 79.9. The van der Waals surface area contributed by atoms with Crippen LogP contribution in [-0.2, 0) is 0 Å². The summed E-state index contributed by atoms with van der Waals surface area (Å²) in [6.07, 6.45) is 4.43. The van der Waals surface area contributed by atoms with Gasteiger partial charge in [-0.2, -0.15) is 4.98 Å². The standard InChI is InChI=1S/C20H22BrFN6/c1-28(2)10-4-9-24-20-26-18(14-5-3-8-23-13-14)12-19(27-20)25-15-6-7-16(21)17(22)11-15/h3,5-8,11-13H,4,9-10H2,1-2H3,(H2,24,25,26,27). The zero-order valence-corrected chi connectivity index (χ0v) is 17.4. The van der Waals surface area contributed by atoms with E-state index in [-0.39, 0.29) is 5.82 Å². The zero-order valence-electron chi connectivity index (χ0n) is 15.8. The van der Waals surface area contributed by atoms with E-state index >= 15 is 0 Å². The van der Waals surface area contributed by atoms with Gasteiger partial charge >= 0.3 is 0 Å². The Labute approximate surface area is 172 Å². The van der Waals surface area contributed by atoms with Gasteiger partial charge < -0.3 is 15.5 Å². The van der Waals surface area contributed by atoms with E-state index in [2.05, 4.69) is 46.4 Å². The van der Waals surface area contributed by atoms with E-state index in [9.17, 15) is 4.39 Å². The van der Waals surface area contributed by atoms with Crippen molar-refractivity contribution in [3.63, 3.8) is 0 Å². The SMILES string of the molecule is CN(C)CCCNc1nc(Nc2ccc(Br)c(F)c2)cc(-c2cccnc2)n1. The second-order valence-corrected chi connectivity index (χ2v) is 7.40. The molecule has 0 aliphatic rings. The van der Waals surface area contributed by atoms with Crippen LogP contribution in [-0.4, -0.2) is 47.0 Å². The molecule has 0 aliphatic carbocycles. The van der Waals surface area contributed by atoms with Crippen molar-refractivity contribution in [1.82, 2.24) is 19.9 Å². The fourth-order valence-corrected chi connectivity index (χ4v) is 2.82. The summed E-state index contributed by atoms with van der Waals surface area (Å²) in [5.41, 5.74) is 2.22. The van der Waals surface area contributed by atoms with Crippen LogP contribution in [0.5, 0.6) is 0 Å². The maximum atomic E-state index is 13.8. The molecule has 0 aliphatic heterocycles. The Kier molecular flexibility index (Phi) is 6.89. The van der Waals surface area contributed by atoms with Gasteiger partial charge in [0, 0.05) is 36.3 Å². The van der Waals surface area contributed by atoms with Crippen molar-refractivity contribution in [3.05, 3.63) is 59.1 Å². The Bertz CT molecular complexity index is 920. The van der Waals surface area contributed by atoms with Gasteiger partial charge in [0.1, 0.15) is 11.6 Å². The Hall–Kier alpha value is -2.58. The predicted molar refractivity (Wildman–Crippen MR) is 114 cm³/mol. The molecule has 0 unspecified atom stereocenters. The summed E-state index contributed by atoms with van der Waals surface area (Å²) in [5, 5.41) is 6.42. The summed E-state index contributed by atoms with van der Waals surface area (Å²) >= 11 is 3.17. The van der Waals surface area contributed by atoms with E-state index in [1.165, 1.54) is 6.07 Å². The van der Waals surface area contributed by atoms with Gasteiger partial charge in [0.25, 0.3) is 0 Å². The van der Waals surface area contributed by atoms with Crippen molar-refractivity contribution in [1.29, 1.82) is 0 Å². The number of pyridine rings is 1. The molecule has 28 heavy (non-hydrogen) atoms. The second-order valence-electron chi connectivity index (χ2n) is 6.54. The van der Waals surface area contributed by atoms with E-state index in [1.54, 1.807) is 24.5 Å². The van der Waals surface area contributed by atoms with Crippen molar-refractivity contribution in [2.45, 2.75) is 6.42 Å². The van der Waals surface area contributed by atoms with Gasteiger partial charge in [-0.15, -0.1) is 0 Å². The summed E-state index contributed by atoms with van der Waals surface area (Å²) in [7, 11) is 4.08. The minimum Gasteiger partial charge on any atom is -0.354 e. The minimum absolute atomic E-state index is 0.339. The topological polar surface area (TPSA) is 66.0 Å². The van der Waals surface area contributed by atoms with Crippen LogP contribution in [0.25, 0.3) is 11.3 Å². The van der Waals surface area contributed by atoms with Gasteiger partial charge in [0.05, 0.1) is 10.2 Å². The lowest BCUT2D eigenvalue weighted by Crippen LogP contribution is -2.17. The fourth-order valence-electron chi connectivity index (χ4n) is 2.57. The number of hydrogen-bond acceptors (Lipinski definition) is 6. The van der Waals surface area contributed by atoms with Crippen molar-refractivity contribution in [2.24, 2.45) is 0 Å². The molecule has 2 aromatic heterocycles. The number of nitrogens with one attached hydrogen (secondary N) is 2. The summed E-state index contributed by atoms with van der Waals surface area (Å²) < 4.78 is 14.2. The van der Waals surface area contributed by atoms with Crippen LogP contribution in [0.1, 0.15) is 6.42 Å². The molecule has 0 radical (unpaired) electrons. The summed E-state index contributed by atoms with van der Waals surface area (Å²) in [6.45, 7) is 1.72. The summed E-state index contributed by atoms with van der Waals surface area (Å²) in [4.78, 5) is 15.4. The van der Waals surface area contributed by atoms with Crippen LogP contribution < -0.4 is 10.6 Å². The number of rotatable bonds is 8. The Morgan fingerprint density at radius 2 is 2.00 bits per heavy atom. The molecule has 2 heterocycles. The lowest BCUT2D eigenvalue weighted by molar-refractivity contribution is 0.405. The van der Waals surface area contributed by atoms with Crippen LogP contribution in [0.4, 0.5) is 21.8 Å². The molecule has 1 aromatic carbocycles. The normalized spacial score (nSPS) is 10.9. The zero-order chi connectivity index (χ0) is 19.9. The molecule has 3 rings (SSSR count). The summed E-state index contributed by atoms with van der Waals surface area (Å²) in [5.74, 6) is 0.749. The van der Waals surface area contributed by atoms with E-state index in [1.807, 2.05) is 32.3 Å². The number of hydrogen-bond donors (Lipinski definition) is 2. The molecule has 3 aromatic rings. The highest BCUT2D eigenvalue weighted by molar-refractivity contribution is 9.10. The average Bonchev–Trinajstić information content (AvgIpc) is 2.68. The molecule has 8 heteroatoms. The number of nitrogens with zero attached hydrogens (tertiary/aromatic N) is 4. The molecule has 0 amide bonds. The van der Waals surface area contributed by atoms with E-state index in [0.29, 0.717) is 21.9 Å². The molecule has 146 valence electrons. The van der Waals surface area contributed by atoms with E-state index in [4.69, 9.17) is 0 Å². The monoisotopic (exact) mass is 444 g/mol. The highest BCUT2D eigenvalue weighted by Gasteiger charge is 2.09. The number of aromatic nitrogens is 3. The van der Waals surface area contributed by atoms with Crippen LogP contribution in [0, 0.1) is 5.82 Å². The van der Waals surface area contributed by atoms with Gasteiger partial charge in [-0.1, -0.05) is 0 Å². The van der Waals surface area contributed by atoms with Crippen molar-refractivity contribution in [2.75, 3.05) is 37.8 Å². The fraction of sp³-hybridized carbons (Fsp3) is 0.250. The van der Waals surface area contributed by atoms with Gasteiger partial charge in [-0.25, -0.2) is 9.37 Å². The van der Waals surface area contributed by atoms with Crippen molar-refractivity contribution >= 4 is 33.4 Å². The van der Waals surface area contributed by atoms with Crippen molar-refractivity contribution in [3.8, 4) is 11.3 Å².